The molecule has 0 aliphatic rings. The summed E-state index contributed by atoms with van der Waals surface area (Å²) in [6, 6.07) is 4.17. The van der Waals surface area contributed by atoms with E-state index in [4.69, 9.17) is 15.6 Å². The van der Waals surface area contributed by atoms with Crippen LogP contribution >= 0.6 is 12.4 Å². The second-order valence-electron chi connectivity index (χ2n) is 3.64. The van der Waals surface area contributed by atoms with Crippen LogP contribution in [0.5, 0.6) is 11.5 Å². The highest BCUT2D eigenvalue weighted by atomic mass is 35.5. The number of nitrogens with two attached hydrogens (primary N) is 1. The molecular formula is C12H18ClF2NO3. The van der Waals surface area contributed by atoms with Crippen molar-refractivity contribution < 1.29 is 23.4 Å². The van der Waals surface area contributed by atoms with Crippen LogP contribution in [0, 0.1) is 0 Å². The topological polar surface area (TPSA) is 64.7 Å². The van der Waals surface area contributed by atoms with Crippen LogP contribution in [0.4, 0.5) is 8.78 Å². The van der Waals surface area contributed by atoms with Crippen molar-refractivity contribution in [2.75, 3.05) is 13.2 Å². The monoisotopic (exact) mass is 297 g/mol. The predicted molar refractivity (Wildman–Crippen MR) is 70.1 cm³/mol. The van der Waals surface area contributed by atoms with E-state index in [0.717, 1.165) is 0 Å². The molecule has 0 aromatic heterocycles. The molecule has 0 bridgehead atoms. The summed E-state index contributed by atoms with van der Waals surface area (Å²) in [5.74, 6) is 0.204. The standard InChI is InChI=1S/C12H17F2NO3.ClH/c1-2-17-11-7-8(9(15)5-6-16)3-4-10(11)18-12(13)14;/h3-4,7,9,12,16H,2,5-6,15H2,1H3;1H. The van der Waals surface area contributed by atoms with Gasteiger partial charge in [-0.15, -0.1) is 12.4 Å². The van der Waals surface area contributed by atoms with Crippen LogP contribution in [0.25, 0.3) is 0 Å². The lowest BCUT2D eigenvalue weighted by molar-refractivity contribution is -0.0514. The average Bonchev–Trinajstić information content (AvgIpc) is 2.31. The van der Waals surface area contributed by atoms with Gasteiger partial charge in [0.05, 0.1) is 6.61 Å². The van der Waals surface area contributed by atoms with E-state index in [2.05, 4.69) is 4.74 Å². The third kappa shape index (κ3) is 5.59. The van der Waals surface area contributed by atoms with Crippen molar-refractivity contribution >= 4 is 12.4 Å². The normalized spacial score (nSPS) is 11.9. The number of hydrogen-bond donors (Lipinski definition) is 2. The summed E-state index contributed by atoms with van der Waals surface area (Å²) in [7, 11) is 0. The summed E-state index contributed by atoms with van der Waals surface area (Å²) in [5.41, 5.74) is 6.52. The molecule has 1 rings (SSSR count). The van der Waals surface area contributed by atoms with Crippen molar-refractivity contribution in [2.24, 2.45) is 5.73 Å². The summed E-state index contributed by atoms with van der Waals surface area (Å²) in [6.07, 6.45) is 0.390. The first-order valence-electron chi connectivity index (χ1n) is 5.66. The Morgan fingerprint density at radius 3 is 2.53 bits per heavy atom. The van der Waals surface area contributed by atoms with Gasteiger partial charge in [0.25, 0.3) is 0 Å². The van der Waals surface area contributed by atoms with E-state index in [1.807, 2.05) is 0 Å². The third-order valence-corrected chi connectivity index (χ3v) is 2.35. The Labute approximate surface area is 116 Å². The van der Waals surface area contributed by atoms with Crippen LogP contribution in [-0.4, -0.2) is 24.9 Å². The molecule has 3 N–H and O–H groups in total. The van der Waals surface area contributed by atoms with Crippen molar-refractivity contribution in [1.29, 1.82) is 0 Å². The highest BCUT2D eigenvalue weighted by Crippen LogP contribution is 2.31. The molecule has 0 saturated heterocycles. The Balaban J connectivity index is 0.00000324. The van der Waals surface area contributed by atoms with E-state index in [-0.39, 0.29) is 36.6 Å². The maximum atomic E-state index is 12.2. The van der Waals surface area contributed by atoms with E-state index < -0.39 is 6.61 Å². The Kier molecular flexibility index (Phi) is 8.38. The third-order valence-electron chi connectivity index (χ3n) is 2.35. The molecule has 0 aliphatic heterocycles. The van der Waals surface area contributed by atoms with Gasteiger partial charge in [0.15, 0.2) is 11.5 Å². The van der Waals surface area contributed by atoms with Gasteiger partial charge in [0, 0.05) is 12.6 Å². The fourth-order valence-corrected chi connectivity index (χ4v) is 1.52. The number of halogens is 3. The number of hydrogen-bond acceptors (Lipinski definition) is 4. The van der Waals surface area contributed by atoms with Gasteiger partial charge in [0.1, 0.15) is 0 Å². The van der Waals surface area contributed by atoms with Gasteiger partial charge in [0.2, 0.25) is 0 Å². The van der Waals surface area contributed by atoms with Crippen LogP contribution in [0.1, 0.15) is 24.9 Å². The molecule has 110 valence electrons. The minimum atomic E-state index is -2.90. The molecule has 0 fully saturated rings. The maximum Gasteiger partial charge on any atom is 0.387 e. The quantitative estimate of drug-likeness (QED) is 0.811. The lowest BCUT2D eigenvalue weighted by Gasteiger charge is -2.15. The van der Waals surface area contributed by atoms with E-state index in [1.54, 1.807) is 19.1 Å². The van der Waals surface area contributed by atoms with E-state index >= 15 is 0 Å². The first-order valence-corrected chi connectivity index (χ1v) is 5.66. The zero-order valence-electron chi connectivity index (χ0n) is 10.5. The molecule has 1 atom stereocenters. The second kappa shape index (κ2) is 8.90. The van der Waals surface area contributed by atoms with Crippen LogP contribution in [0.2, 0.25) is 0 Å². The molecule has 7 heteroatoms. The molecule has 1 aromatic rings. The number of rotatable bonds is 7. The summed E-state index contributed by atoms with van der Waals surface area (Å²) >= 11 is 0. The second-order valence-corrected chi connectivity index (χ2v) is 3.64. The number of benzene rings is 1. The van der Waals surface area contributed by atoms with E-state index in [0.29, 0.717) is 18.6 Å². The molecule has 4 nitrogen and oxygen atoms in total. The summed E-state index contributed by atoms with van der Waals surface area (Å²) in [6.45, 7) is -0.869. The number of ether oxygens (including phenoxy) is 2. The maximum absolute atomic E-state index is 12.2. The van der Waals surface area contributed by atoms with Crippen LogP contribution < -0.4 is 15.2 Å². The van der Waals surface area contributed by atoms with Gasteiger partial charge in [-0.05, 0) is 31.0 Å². The molecule has 1 unspecified atom stereocenters. The first-order chi connectivity index (χ1) is 8.58. The van der Waals surface area contributed by atoms with Crippen molar-refractivity contribution in [2.45, 2.75) is 26.0 Å². The zero-order chi connectivity index (χ0) is 13.5. The van der Waals surface area contributed by atoms with E-state index in [9.17, 15) is 8.78 Å². The van der Waals surface area contributed by atoms with E-state index in [1.165, 1.54) is 6.07 Å². The summed E-state index contributed by atoms with van der Waals surface area (Å²) in [4.78, 5) is 0. The smallest absolute Gasteiger partial charge is 0.387 e. The number of aliphatic hydroxyl groups excluding tert-OH is 1. The Hall–Kier alpha value is -1.11. The minimum absolute atomic E-state index is 0. The van der Waals surface area contributed by atoms with Crippen LogP contribution in [0.15, 0.2) is 18.2 Å². The Bertz CT molecular complexity index is 380. The Morgan fingerprint density at radius 2 is 2.00 bits per heavy atom. The van der Waals surface area contributed by atoms with Crippen molar-refractivity contribution in [3.8, 4) is 11.5 Å². The number of alkyl halides is 2. The van der Waals surface area contributed by atoms with Crippen molar-refractivity contribution in [3.63, 3.8) is 0 Å². The minimum Gasteiger partial charge on any atom is -0.490 e. The average molecular weight is 298 g/mol. The largest absolute Gasteiger partial charge is 0.490 e. The lowest BCUT2D eigenvalue weighted by Crippen LogP contribution is -2.12. The molecule has 0 saturated carbocycles. The van der Waals surface area contributed by atoms with Crippen molar-refractivity contribution in [1.82, 2.24) is 0 Å². The lowest BCUT2D eigenvalue weighted by atomic mass is 10.0. The molecule has 0 spiro atoms. The summed E-state index contributed by atoms with van der Waals surface area (Å²) < 4.78 is 33.9. The predicted octanol–water partition coefficient (Wildman–Crippen LogP) is 2.49. The number of aliphatic hydroxyl groups is 1. The molecule has 0 heterocycles. The van der Waals surface area contributed by atoms with Crippen molar-refractivity contribution in [3.05, 3.63) is 23.8 Å². The van der Waals surface area contributed by atoms with Gasteiger partial charge in [-0.1, -0.05) is 6.07 Å². The van der Waals surface area contributed by atoms with Gasteiger partial charge < -0.3 is 20.3 Å². The molecular weight excluding hydrogens is 280 g/mol. The fourth-order valence-electron chi connectivity index (χ4n) is 1.52. The molecule has 19 heavy (non-hydrogen) atoms. The van der Waals surface area contributed by atoms with Crippen LogP contribution in [0.3, 0.4) is 0 Å². The van der Waals surface area contributed by atoms with Gasteiger partial charge in [-0.3, -0.25) is 0 Å². The fraction of sp³-hybridized carbons (Fsp3) is 0.500. The first kappa shape index (κ1) is 17.9. The molecule has 0 aliphatic carbocycles. The Morgan fingerprint density at radius 1 is 1.32 bits per heavy atom. The van der Waals surface area contributed by atoms with Gasteiger partial charge in [-0.25, -0.2) is 0 Å². The summed E-state index contributed by atoms with van der Waals surface area (Å²) in [5, 5.41) is 8.81. The van der Waals surface area contributed by atoms with Gasteiger partial charge >= 0.3 is 6.61 Å². The molecule has 0 radical (unpaired) electrons. The molecule has 0 amide bonds. The molecule has 1 aromatic carbocycles. The van der Waals surface area contributed by atoms with Gasteiger partial charge in [-0.2, -0.15) is 8.78 Å². The zero-order valence-corrected chi connectivity index (χ0v) is 11.3. The highest BCUT2D eigenvalue weighted by Gasteiger charge is 2.14. The SMILES string of the molecule is CCOc1cc(C(N)CCO)ccc1OC(F)F.Cl. The van der Waals surface area contributed by atoms with Crippen LogP contribution in [-0.2, 0) is 0 Å². The highest BCUT2D eigenvalue weighted by molar-refractivity contribution is 5.85.